The normalized spacial score (nSPS) is 11.2. The number of carbonyl (C=O) groups is 1. The van der Waals surface area contributed by atoms with Gasteiger partial charge in [0.15, 0.2) is 0 Å². The Morgan fingerprint density at radius 3 is 2.16 bits per heavy atom. The number of carbonyl (C=O) groups excluding carboxylic acids is 1. The van der Waals surface area contributed by atoms with Crippen LogP contribution in [-0.4, -0.2) is 39.9 Å². The van der Waals surface area contributed by atoms with Crippen LogP contribution in [0.2, 0.25) is 0 Å². The van der Waals surface area contributed by atoms with E-state index in [1.807, 2.05) is 19.9 Å². The van der Waals surface area contributed by atoms with Crippen LogP contribution >= 0.6 is 0 Å². The lowest BCUT2D eigenvalue weighted by molar-refractivity contribution is -0.126. The molecule has 134 valence electrons. The minimum Gasteiger partial charge on any atom is -0.376 e. The highest BCUT2D eigenvalue weighted by Crippen LogP contribution is 2.30. The largest absolute Gasteiger partial charge is 0.376 e. The molecule has 0 aliphatic rings. The van der Waals surface area contributed by atoms with Crippen molar-refractivity contribution >= 4 is 21.4 Å². The van der Waals surface area contributed by atoms with Gasteiger partial charge >= 0.3 is 0 Å². The molecule has 0 saturated carbocycles. The van der Waals surface area contributed by atoms with E-state index in [9.17, 15) is 13.2 Å². The second-order valence-electron chi connectivity index (χ2n) is 6.39. The molecule has 0 aromatic heterocycles. The molecule has 1 N–H and O–H groups in total. The predicted molar refractivity (Wildman–Crippen MR) is 99.7 cm³/mol. The zero-order valence-electron chi connectivity index (χ0n) is 15.3. The van der Waals surface area contributed by atoms with Gasteiger partial charge in [0.1, 0.15) is 0 Å². The average molecular weight is 360 g/mol. The summed E-state index contributed by atoms with van der Waals surface area (Å²) in [6, 6.07) is 10.3. The van der Waals surface area contributed by atoms with Crippen LogP contribution in [0.4, 0.5) is 5.69 Å². The smallest absolute Gasteiger partial charge is 0.241 e. The Labute approximate surface area is 149 Å². The number of sulfone groups is 1. The maximum absolute atomic E-state index is 13.0. The molecule has 0 spiro atoms. The Bertz CT molecular complexity index is 886. The summed E-state index contributed by atoms with van der Waals surface area (Å²) in [6.45, 7) is 5.62. The second-order valence-corrected chi connectivity index (χ2v) is 8.31. The van der Waals surface area contributed by atoms with Gasteiger partial charge in [-0.05, 0) is 56.2 Å². The molecule has 2 rings (SSSR count). The van der Waals surface area contributed by atoms with E-state index >= 15 is 0 Å². The maximum atomic E-state index is 13.0. The lowest BCUT2D eigenvalue weighted by Gasteiger charge is -2.17. The Balaban J connectivity index is 2.44. The molecule has 0 radical (unpaired) electrons. The number of nitrogens with one attached hydrogen (secondary N) is 1. The summed E-state index contributed by atoms with van der Waals surface area (Å²) in [4.78, 5) is 13.8. The predicted octanol–water partition coefficient (Wildman–Crippen LogP) is 2.94. The van der Waals surface area contributed by atoms with Gasteiger partial charge in [-0.1, -0.05) is 17.7 Å². The van der Waals surface area contributed by atoms with E-state index in [-0.39, 0.29) is 22.2 Å². The third-order valence-corrected chi connectivity index (χ3v) is 5.95. The van der Waals surface area contributed by atoms with Crippen molar-refractivity contribution in [3.05, 3.63) is 53.1 Å². The number of rotatable bonds is 5. The van der Waals surface area contributed by atoms with Crippen LogP contribution in [0.5, 0.6) is 0 Å². The molecule has 25 heavy (non-hydrogen) atoms. The van der Waals surface area contributed by atoms with E-state index in [0.29, 0.717) is 11.3 Å². The molecule has 2 aromatic carbocycles. The third kappa shape index (κ3) is 4.20. The van der Waals surface area contributed by atoms with Crippen molar-refractivity contribution in [2.24, 2.45) is 0 Å². The zero-order valence-corrected chi connectivity index (χ0v) is 16.1. The summed E-state index contributed by atoms with van der Waals surface area (Å²) in [7, 11) is -0.260. The molecule has 0 aliphatic carbocycles. The zero-order chi connectivity index (χ0) is 18.8. The van der Waals surface area contributed by atoms with Crippen molar-refractivity contribution < 1.29 is 13.2 Å². The SMILES string of the molecule is Cc1ccc(S(=O)(=O)c2cc(C)cc(NCC(=O)N(C)C)c2C)cc1. The fourth-order valence-electron chi connectivity index (χ4n) is 2.46. The molecule has 0 heterocycles. The first-order valence-corrected chi connectivity index (χ1v) is 9.48. The number of aryl methyl sites for hydroxylation is 2. The molecule has 0 fully saturated rings. The fourth-order valence-corrected chi connectivity index (χ4v) is 4.06. The van der Waals surface area contributed by atoms with Gasteiger partial charge in [0.05, 0.1) is 16.3 Å². The Morgan fingerprint density at radius 1 is 1.00 bits per heavy atom. The fraction of sp³-hybridized carbons (Fsp3) is 0.316. The van der Waals surface area contributed by atoms with Crippen LogP contribution < -0.4 is 5.32 Å². The van der Waals surface area contributed by atoms with E-state index in [1.165, 1.54) is 4.90 Å². The van der Waals surface area contributed by atoms with Gasteiger partial charge in [-0.15, -0.1) is 0 Å². The number of anilines is 1. The summed E-state index contributed by atoms with van der Waals surface area (Å²) in [6.07, 6.45) is 0. The molecule has 0 unspecified atom stereocenters. The molecule has 6 heteroatoms. The van der Waals surface area contributed by atoms with Gasteiger partial charge in [-0.3, -0.25) is 4.79 Å². The summed E-state index contributed by atoms with van der Waals surface area (Å²) in [5.74, 6) is -0.0798. The first-order chi connectivity index (χ1) is 11.6. The Morgan fingerprint density at radius 2 is 1.60 bits per heavy atom. The molecule has 1 amide bonds. The minimum absolute atomic E-state index is 0.0798. The van der Waals surface area contributed by atoms with Crippen molar-refractivity contribution in [1.82, 2.24) is 4.90 Å². The highest BCUT2D eigenvalue weighted by Gasteiger charge is 2.22. The minimum atomic E-state index is -3.62. The van der Waals surface area contributed by atoms with Gasteiger partial charge in [0.2, 0.25) is 15.7 Å². The number of amides is 1. The topological polar surface area (TPSA) is 66.5 Å². The van der Waals surface area contributed by atoms with Crippen molar-refractivity contribution in [3.8, 4) is 0 Å². The van der Waals surface area contributed by atoms with E-state index in [2.05, 4.69) is 5.32 Å². The van der Waals surface area contributed by atoms with Crippen LogP contribution in [0.25, 0.3) is 0 Å². The van der Waals surface area contributed by atoms with E-state index in [1.54, 1.807) is 51.4 Å². The molecule has 5 nitrogen and oxygen atoms in total. The van der Waals surface area contributed by atoms with Crippen LogP contribution in [0, 0.1) is 20.8 Å². The van der Waals surface area contributed by atoms with Crippen LogP contribution in [-0.2, 0) is 14.6 Å². The summed E-state index contributed by atoms with van der Waals surface area (Å²) >= 11 is 0. The number of hydrogen-bond acceptors (Lipinski definition) is 4. The number of benzene rings is 2. The van der Waals surface area contributed by atoms with Gasteiger partial charge in [0.25, 0.3) is 0 Å². The van der Waals surface area contributed by atoms with Crippen LogP contribution in [0.1, 0.15) is 16.7 Å². The van der Waals surface area contributed by atoms with E-state index in [0.717, 1.165) is 11.1 Å². The van der Waals surface area contributed by atoms with Crippen LogP contribution in [0.3, 0.4) is 0 Å². The van der Waals surface area contributed by atoms with Gasteiger partial charge < -0.3 is 10.2 Å². The van der Waals surface area contributed by atoms with Crippen molar-refractivity contribution in [2.75, 3.05) is 26.0 Å². The summed E-state index contributed by atoms with van der Waals surface area (Å²) < 4.78 is 26.0. The summed E-state index contributed by atoms with van der Waals surface area (Å²) in [5.41, 5.74) is 3.08. The van der Waals surface area contributed by atoms with Gasteiger partial charge in [-0.25, -0.2) is 8.42 Å². The highest BCUT2D eigenvalue weighted by molar-refractivity contribution is 7.91. The standard InChI is InChI=1S/C19H24N2O3S/c1-13-6-8-16(9-7-13)25(23,24)18-11-14(2)10-17(15(18)3)20-12-19(22)21(4)5/h6-11,20H,12H2,1-5H3. The van der Waals surface area contributed by atoms with Crippen LogP contribution in [0.15, 0.2) is 46.2 Å². The number of nitrogens with zero attached hydrogens (tertiary/aromatic N) is 1. The third-order valence-electron chi connectivity index (χ3n) is 4.05. The van der Waals surface area contributed by atoms with Gasteiger partial charge in [-0.2, -0.15) is 0 Å². The molecule has 0 saturated heterocycles. The molecule has 0 atom stereocenters. The molecular weight excluding hydrogens is 336 g/mol. The second kappa shape index (κ2) is 7.27. The molecular formula is C19H24N2O3S. The Hall–Kier alpha value is -2.34. The average Bonchev–Trinajstić information content (AvgIpc) is 2.55. The Kier molecular flexibility index (Phi) is 5.52. The van der Waals surface area contributed by atoms with E-state index < -0.39 is 9.84 Å². The van der Waals surface area contributed by atoms with E-state index in [4.69, 9.17) is 0 Å². The highest BCUT2D eigenvalue weighted by atomic mass is 32.2. The molecule has 2 aromatic rings. The van der Waals surface area contributed by atoms with Crippen molar-refractivity contribution in [2.45, 2.75) is 30.6 Å². The molecule has 0 bridgehead atoms. The quantitative estimate of drug-likeness (QED) is 0.890. The first kappa shape index (κ1) is 19.0. The monoisotopic (exact) mass is 360 g/mol. The number of likely N-dealkylation sites (N-methyl/N-ethyl adjacent to an activating group) is 1. The van der Waals surface area contributed by atoms with Crippen molar-refractivity contribution in [1.29, 1.82) is 0 Å². The maximum Gasteiger partial charge on any atom is 0.241 e. The number of hydrogen-bond donors (Lipinski definition) is 1. The van der Waals surface area contributed by atoms with Crippen molar-refractivity contribution in [3.63, 3.8) is 0 Å². The summed E-state index contributed by atoms with van der Waals surface area (Å²) in [5, 5.41) is 3.05. The lowest BCUT2D eigenvalue weighted by Crippen LogP contribution is -2.28. The van der Waals surface area contributed by atoms with Gasteiger partial charge in [0, 0.05) is 19.8 Å². The lowest BCUT2D eigenvalue weighted by atomic mass is 10.1. The molecule has 0 aliphatic heterocycles. The first-order valence-electron chi connectivity index (χ1n) is 8.00.